The van der Waals surface area contributed by atoms with Crippen LogP contribution in [0.4, 0.5) is 5.69 Å². The topological polar surface area (TPSA) is 46.6 Å². The van der Waals surface area contributed by atoms with E-state index in [2.05, 4.69) is 6.07 Å². The van der Waals surface area contributed by atoms with Gasteiger partial charge in [-0.1, -0.05) is 18.2 Å². The maximum absolute atomic E-state index is 13.2. The molecule has 0 fully saturated rings. The van der Waals surface area contributed by atoms with Crippen LogP contribution in [0.15, 0.2) is 53.7 Å². The van der Waals surface area contributed by atoms with Gasteiger partial charge in [0, 0.05) is 35.7 Å². The van der Waals surface area contributed by atoms with E-state index >= 15 is 0 Å². The van der Waals surface area contributed by atoms with Crippen molar-refractivity contribution in [3.63, 3.8) is 0 Å². The molecule has 1 unspecified atom stereocenters. The van der Waals surface area contributed by atoms with Gasteiger partial charge in [-0.25, -0.2) is 0 Å². The fraction of sp³-hybridized carbons (Fsp3) is 0.333. The summed E-state index contributed by atoms with van der Waals surface area (Å²) in [5, 5.41) is 0. The standard InChI is InChI=1S/C24H25NO3/c1-15-11-16(2)13-18(12-15)25-21-5-4-6-22(26)24(21)20(14-23(25)27)17-7-9-19(28-3)10-8-17/h7-13,20H,4-6,14H2,1-3H3. The van der Waals surface area contributed by atoms with Crippen LogP contribution in [0.25, 0.3) is 0 Å². The van der Waals surface area contributed by atoms with E-state index in [1.54, 1.807) is 12.0 Å². The van der Waals surface area contributed by atoms with Crippen LogP contribution in [-0.2, 0) is 9.59 Å². The minimum Gasteiger partial charge on any atom is -0.497 e. The summed E-state index contributed by atoms with van der Waals surface area (Å²) in [7, 11) is 1.63. The molecule has 2 aliphatic rings. The lowest BCUT2D eigenvalue weighted by Crippen LogP contribution is -2.40. The molecule has 1 amide bonds. The summed E-state index contributed by atoms with van der Waals surface area (Å²) in [6, 6.07) is 13.9. The van der Waals surface area contributed by atoms with Crippen LogP contribution in [0.2, 0.25) is 0 Å². The third kappa shape index (κ3) is 3.24. The SMILES string of the molecule is COc1ccc(C2CC(=O)N(c3cc(C)cc(C)c3)C3=C2C(=O)CCC3)cc1. The van der Waals surface area contributed by atoms with Gasteiger partial charge in [0.05, 0.1) is 7.11 Å². The Morgan fingerprint density at radius 1 is 0.964 bits per heavy atom. The molecule has 0 N–H and O–H groups in total. The Kier molecular flexibility index (Phi) is 4.80. The lowest BCUT2D eigenvalue weighted by atomic mass is 9.77. The molecule has 28 heavy (non-hydrogen) atoms. The molecule has 144 valence electrons. The summed E-state index contributed by atoms with van der Waals surface area (Å²) in [4.78, 5) is 28.0. The third-order valence-electron chi connectivity index (χ3n) is 5.66. The van der Waals surface area contributed by atoms with Crippen LogP contribution in [0.1, 0.15) is 48.3 Å². The number of aryl methyl sites for hydroxylation is 2. The normalized spacial score (nSPS) is 19.7. The predicted octanol–water partition coefficient (Wildman–Crippen LogP) is 4.84. The van der Waals surface area contributed by atoms with Crippen molar-refractivity contribution in [1.82, 2.24) is 0 Å². The number of ketones is 1. The van der Waals surface area contributed by atoms with Crippen molar-refractivity contribution in [2.75, 3.05) is 12.0 Å². The first-order chi connectivity index (χ1) is 13.5. The largest absolute Gasteiger partial charge is 0.497 e. The van der Waals surface area contributed by atoms with Crippen molar-refractivity contribution in [3.8, 4) is 5.75 Å². The van der Waals surface area contributed by atoms with E-state index < -0.39 is 0 Å². The number of benzene rings is 2. The number of hydrogen-bond donors (Lipinski definition) is 0. The molecule has 2 aromatic carbocycles. The zero-order valence-electron chi connectivity index (χ0n) is 16.6. The molecule has 4 rings (SSSR count). The van der Waals surface area contributed by atoms with Gasteiger partial charge in [-0.15, -0.1) is 0 Å². The van der Waals surface area contributed by atoms with E-state index in [0.29, 0.717) is 12.8 Å². The predicted molar refractivity (Wildman–Crippen MR) is 110 cm³/mol. The van der Waals surface area contributed by atoms with Crippen LogP contribution < -0.4 is 9.64 Å². The Labute approximate surface area is 165 Å². The van der Waals surface area contributed by atoms with Gasteiger partial charge in [0.1, 0.15) is 5.75 Å². The molecule has 1 aliphatic heterocycles. The molecule has 1 atom stereocenters. The van der Waals surface area contributed by atoms with Gasteiger partial charge in [-0.3, -0.25) is 14.5 Å². The highest BCUT2D eigenvalue weighted by Crippen LogP contribution is 2.43. The minimum atomic E-state index is -0.177. The first kappa shape index (κ1) is 18.5. The van der Waals surface area contributed by atoms with Crippen LogP contribution in [0.3, 0.4) is 0 Å². The molecule has 0 bridgehead atoms. The summed E-state index contributed by atoms with van der Waals surface area (Å²) < 4.78 is 5.25. The Balaban J connectivity index is 1.84. The smallest absolute Gasteiger partial charge is 0.232 e. The molecule has 4 nitrogen and oxygen atoms in total. The van der Waals surface area contributed by atoms with Crippen molar-refractivity contribution < 1.29 is 14.3 Å². The van der Waals surface area contributed by atoms with Crippen molar-refractivity contribution in [2.24, 2.45) is 0 Å². The van der Waals surface area contributed by atoms with E-state index in [1.807, 2.05) is 50.2 Å². The number of Topliss-reactive ketones (excluding diaryl/α,β-unsaturated/α-hetero) is 1. The number of carbonyl (C=O) groups is 2. The number of rotatable bonds is 3. The number of hydrogen-bond acceptors (Lipinski definition) is 3. The van der Waals surface area contributed by atoms with E-state index in [9.17, 15) is 9.59 Å². The lowest BCUT2D eigenvalue weighted by molar-refractivity contribution is -0.119. The molecule has 1 heterocycles. The molecule has 1 aliphatic carbocycles. The molecule has 0 saturated heterocycles. The van der Waals surface area contributed by atoms with Crippen LogP contribution in [0.5, 0.6) is 5.75 Å². The molecular weight excluding hydrogens is 350 g/mol. The second-order valence-electron chi connectivity index (χ2n) is 7.74. The first-order valence-electron chi connectivity index (χ1n) is 9.79. The number of nitrogens with zero attached hydrogens (tertiary/aromatic N) is 1. The zero-order chi connectivity index (χ0) is 19.8. The monoisotopic (exact) mass is 375 g/mol. The fourth-order valence-corrected chi connectivity index (χ4v) is 4.49. The van der Waals surface area contributed by atoms with Crippen molar-refractivity contribution >= 4 is 17.4 Å². The molecule has 0 spiro atoms. The quantitative estimate of drug-likeness (QED) is 0.771. The average Bonchev–Trinajstić information content (AvgIpc) is 2.66. The lowest BCUT2D eigenvalue weighted by Gasteiger charge is -2.38. The summed E-state index contributed by atoms with van der Waals surface area (Å²) in [6.45, 7) is 4.07. The van der Waals surface area contributed by atoms with E-state index in [1.165, 1.54) is 0 Å². The Hall–Kier alpha value is -2.88. The number of ether oxygens (including phenoxy) is 1. The highest BCUT2D eigenvalue weighted by Gasteiger charge is 2.39. The third-order valence-corrected chi connectivity index (χ3v) is 5.66. The Bertz CT molecular complexity index is 952. The summed E-state index contributed by atoms with van der Waals surface area (Å²) in [5.74, 6) is 0.818. The van der Waals surface area contributed by atoms with E-state index in [-0.39, 0.29) is 17.6 Å². The van der Waals surface area contributed by atoms with Gasteiger partial charge in [-0.05, 0) is 67.6 Å². The number of carbonyl (C=O) groups excluding carboxylic acids is 2. The maximum atomic E-state index is 13.2. The molecule has 0 radical (unpaired) electrons. The number of anilines is 1. The molecule has 0 aromatic heterocycles. The highest BCUT2D eigenvalue weighted by molar-refractivity contribution is 6.07. The van der Waals surface area contributed by atoms with Gasteiger partial charge < -0.3 is 4.74 Å². The second-order valence-corrected chi connectivity index (χ2v) is 7.74. The highest BCUT2D eigenvalue weighted by atomic mass is 16.5. The van der Waals surface area contributed by atoms with Crippen LogP contribution >= 0.6 is 0 Å². The van der Waals surface area contributed by atoms with E-state index in [4.69, 9.17) is 4.74 Å². The molecule has 0 saturated carbocycles. The Morgan fingerprint density at radius 2 is 1.64 bits per heavy atom. The van der Waals surface area contributed by atoms with Gasteiger partial charge >= 0.3 is 0 Å². The van der Waals surface area contributed by atoms with Gasteiger partial charge in [0.15, 0.2) is 5.78 Å². The van der Waals surface area contributed by atoms with Crippen molar-refractivity contribution in [3.05, 3.63) is 70.4 Å². The van der Waals surface area contributed by atoms with Crippen molar-refractivity contribution in [1.29, 1.82) is 0 Å². The fourth-order valence-electron chi connectivity index (χ4n) is 4.49. The van der Waals surface area contributed by atoms with Gasteiger partial charge in [0.2, 0.25) is 5.91 Å². The maximum Gasteiger partial charge on any atom is 0.232 e. The molecule has 2 aromatic rings. The summed E-state index contributed by atoms with van der Waals surface area (Å²) in [6.07, 6.45) is 2.41. The summed E-state index contributed by atoms with van der Waals surface area (Å²) in [5.41, 5.74) is 5.80. The van der Waals surface area contributed by atoms with Crippen LogP contribution in [-0.4, -0.2) is 18.8 Å². The number of allylic oxidation sites excluding steroid dienone is 2. The minimum absolute atomic E-state index is 0.0549. The first-order valence-corrected chi connectivity index (χ1v) is 9.79. The van der Waals surface area contributed by atoms with Gasteiger partial charge in [-0.2, -0.15) is 0 Å². The Morgan fingerprint density at radius 3 is 2.29 bits per heavy atom. The van der Waals surface area contributed by atoms with Gasteiger partial charge in [0.25, 0.3) is 0 Å². The molecule has 4 heteroatoms. The zero-order valence-corrected chi connectivity index (χ0v) is 16.6. The average molecular weight is 375 g/mol. The summed E-state index contributed by atoms with van der Waals surface area (Å²) >= 11 is 0. The van der Waals surface area contributed by atoms with E-state index in [0.717, 1.165) is 52.2 Å². The number of methoxy groups -OCH3 is 1. The van der Waals surface area contributed by atoms with Crippen LogP contribution in [0, 0.1) is 13.8 Å². The van der Waals surface area contributed by atoms with Crippen molar-refractivity contribution in [2.45, 2.75) is 45.4 Å². The second kappa shape index (κ2) is 7.27. The molecular formula is C24H25NO3. The number of amides is 1.